The van der Waals surface area contributed by atoms with Gasteiger partial charge in [0.2, 0.25) is 0 Å². The van der Waals surface area contributed by atoms with Crippen LogP contribution in [0.15, 0.2) is 52.4 Å². The van der Waals surface area contributed by atoms with Crippen molar-refractivity contribution in [3.05, 3.63) is 68.6 Å². The molecule has 2 heterocycles. The topological polar surface area (TPSA) is 29.9 Å². The largest absolute Gasteiger partial charge is 0.307 e. The lowest BCUT2D eigenvalue weighted by molar-refractivity contribution is 0.646. The molecule has 3 aromatic rings. The molecule has 0 radical (unpaired) electrons. The van der Waals surface area contributed by atoms with Crippen LogP contribution in [0, 0.1) is 6.92 Å². The van der Waals surface area contributed by atoms with Gasteiger partial charge in [0.15, 0.2) is 0 Å². The number of nitrogens with one attached hydrogen (secondary N) is 1. The molecule has 0 aliphatic heterocycles. The van der Waals surface area contributed by atoms with Crippen molar-refractivity contribution in [3.8, 4) is 5.69 Å². The minimum absolute atomic E-state index is 0.128. The molecule has 1 N–H and O–H groups in total. The molecule has 3 nitrogen and oxygen atoms in total. The second-order valence-corrected chi connectivity index (χ2v) is 7.23. The Morgan fingerprint density at radius 1 is 1.24 bits per heavy atom. The van der Waals surface area contributed by atoms with Crippen molar-refractivity contribution < 1.29 is 0 Å². The zero-order valence-corrected chi connectivity index (χ0v) is 14.3. The number of rotatable bonds is 4. The molecule has 0 saturated heterocycles. The molecule has 0 saturated carbocycles. The molecule has 108 valence electrons. The molecule has 1 atom stereocenters. The highest BCUT2D eigenvalue weighted by molar-refractivity contribution is 9.11. The van der Waals surface area contributed by atoms with Gasteiger partial charge in [0.05, 0.1) is 21.2 Å². The van der Waals surface area contributed by atoms with Crippen molar-refractivity contribution >= 4 is 27.3 Å². The summed E-state index contributed by atoms with van der Waals surface area (Å²) in [5, 5.41) is 7.88. The minimum Gasteiger partial charge on any atom is -0.307 e. The molecule has 0 bridgehead atoms. The summed E-state index contributed by atoms with van der Waals surface area (Å²) in [6.45, 7) is 2.12. The predicted octanol–water partition coefficient (Wildman–Crippen LogP) is 4.31. The van der Waals surface area contributed by atoms with E-state index in [0.717, 1.165) is 11.4 Å². The monoisotopic (exact) mass is 361 g/mol. The number of thiophene rings is 1. The second-order valence-electron chi connectivity index (χ2n) is 4.83. The third-order valence-electron chi connectivity index (χ3n) is 3.42. The molecule has 2 aromatic heterocycles. The highest BCUT2D eigenvalue weighted by Gasteiger charge is 2.20. The third-order valence-corrected chi connectivity index (χ3v) is 5.62. The lowest BCUT2D eigenvalue weighted by Crippen LogP contribution is -2.20. The van der Waals surface area contributed by atoms with Crippen LogP contribution in [0.2, 0.25) is 0 Å². The van der Waals surface area contributed by atoms with Crippen molar-refractivity contribution in [1.82, 2.24) is 15.1 Å². The van der Waals surface area contributed by atoms with Gasteiger partial charge in [-0.2, -0.15) is 5.10 Å². The molecular weight excluding hydrogens is 346 g/mol. The average molecular weight is 362 g/mol. The van der Waals surface area contributed by atoms with Crippen LogP contribution in [0.5, 0.6) is 0 Å². The van der Waals surface area contributed by atoms with E-state index in [1.807, 2.05) is 36.1 Å². The van der Waals surface area contributed by atoms with Crippen LogP contribution in [0.1, 0.15) is 22.2 Å². The third kappa shape index (κ3) is 2.81. The quantitative estimate of drug-likeness (QED) is 0.749. The molecule has 3 rings (SSSR count). The minimum atomic E-state index is 0.128. The maximum Gasteiger partial charge on any atom is 0.0844 e. The first-order valence-electron chi connectivity index (χ1n) is 6.73. The summed E-state index contributed by atoms with van der Waals surface area (Å²) in [5.74, 6) is 0. The maximum atomic E-state index is 4.48. The van der Waals surface area contributed by atoms with Gasteiger partial charge in [-0.3, -0.25) is 0 Å². The van der Waals surface area contributed by atoms with Gasteiger partial charge in [0.25, 0.3) is 0 Å². The van der Waals surface area contributed by atoms with Crippen LogP contribution >= 0.6 is 27.3 Å². The fraction of sp³-hybridized carbons (Fsp3) is 0.188. The first kappa shape index (κ1) is 14.5. The molecule has 5 heteroatoms. The smallest absolute Gasteiger partial charge is 0.0844 e. The van der Waals surface area contributed by atoms with Gasteiger partial charge in [-0.15, -0.1) is 11.3 Å². The van der Waals surface area contributed by atoms with Gasteiger partial charge in [-0.1, -0.05) is 18.2 Å². The lowest BCUT2D eigenvalue weighted by atomic mass is 10.1. The van der Waals surface area contributed by atoms with Crippen LogP contribution in [0.25, 0.3) is 5.69 Å². The zero-order chi connectivity index (χ0) is 14.8. The van der Waals surface area contributed by atoms with E-state index >= 15 is 0 Å². The van der Waals surface area contributed by atoms with Crippen molar-refractivity contribution in [2.45, 2.75) is 13.0 Å². The Balaban J connectivity index is 2.05. The molecule has 0 fully saturated rings. The number of halogens is 1. The highest BCUT2D eigenvalue weighted by Crippen LogP contribution is 2.34. The van der Waals surface area contributed by atoms with E-state index in [-0.39, 0.29) is 6.04 Å². The Bertz CT molecular complexity index is 714. The second kappa shape index (κ2) is 6.13. The zero-order valence-electron chi connectivity index (χ0n) is 11.9. The molecule has 0 aliphatic rings. The average Bonchev–Trinajstić information content (AvgIpc) is 3.09. The van der Waals surface area contributed by atoms with E-state index in [4.69, 9.17) is 0 Å². The SMILES string of the molecule is CNC(c1cc(C)c(Br)s1)c1ccnn1-c1ccccc1. The number of aromatic nitrogens is 2. The summed E-state index contributed by atoms with van der Waals surface area (Å²) >= 11 is 5.37. The van der Waals surface area contributed by atoms with E-state index in [0.29, 0.717) is 0 Å². The Hall–Kier alpha value is -1.43. The fourth-order valence-corrected chi connectivity index (χ4v) is 4.07. The fourth-order valence-electron chi connectivity index (χ4n) is 2.38. The molecule has 0 spiro atoms. The number of hydrogen-bond acceptors (Lipinski definition) is 3. The summed E-state index contributed by atoms with van der Waals surface area (Å²) in [5.41, 5.74) is 3.48. The maximum absolute atomic E-state index is 4.48. The van der Waals surface area contributed by atoms with Crippen LogP contribution in [0.3, 0.4) is 0 Å². The van der Waals surface area contributed by atoms with Gasteiger partial charge in [-0.25, -0.2) is 4.68 Å². The normalized spacial score (nSPS) is 12.5. The van der Waals surface area contributed by atoms with Crippen molar-refractivity contribution in [2.24, 2.45) is 0 Å². The molecule has 0 aliphatic carbocycles. The first-order chi connectivity index (χ1) is 10.2. The van der Waals surface area contributed by atoms with Crippen molar-refractivity contribution in [3.63, 3.8) is 0 Å². The van der Waals surface area contributed by atoms with Crippen molar-refractivity contribution in [2.75, 3.05) is 7.05 Å². The van der Waals surface area contributed by atoms with Gasteiger partial charge >= 0.3 is 0 Å². The summed E-state index contributed by atoms with van der Waals surface area (Å²) in [6.07, 6.45) is 1.85. The van der Waals surface area contributed by atoms with Crippen molar-refractivity contribution in [1.29, 1.82) is 0 Å². The van der Waals surface area contributed by atoms with Crippen LogP contribution in [0.4, 0.5) is 0 Å². The first-order valence-corrected chi connectivity index (χ1v) is 8.34. The van der Waals surface area contributed by atoms with Gasteiger partial charge < -0.3 is 5.32 Å². The van der Waals surface area contributed by atoms with Crippen LogP contribution < -0.4 is 5.32 Å². The Morgan fingerprint density at radius 3 is 2.62 bits per heavy atom. The molecule has 0 amide bonds. The van der Waals surface area contributed by atoms with Gasteiger partial charge in [0, 0.05) is 11.1 Å². The van der Waals surface area contributed by atoms with Crippen LogP contribution in [-0.2, 0) is 0 Å². The predicted molar refractivity (Wildman–Crippen MR) is 91.2 cm³/mol. The number of aryl methyl sites for hydroxylation is 1. The number of nitrogens with zero attached hydrogens (tertiary/aromatic N) is 2. The highest BCUT2D eigenvalue weighted by atomic mass is 79.9. The molecule has 21 heavy (non-hydrogen) atoms. The molecule has 1 unspecified atom stereocenters. The van der Waals surface area contributed by atoms with E-state index in [1.54, 1.807) is 11.3 Å². The molecule has 1 aromatic carbocycles. The van der Waals surface area contributed by atoms with Crippen LogP contribution in [-0.4, -0.2) is 16.8 Å². The lowest BCUT2D eigenvalue weighted by Gasteiger charge is -2.16. The number of para-hydroxylation sites is 1. The Labute approximate surface area is 136 Å². The summed E-state index contributed by atoms with van der Waals surface area (Å²) < 4.78 is 3.17. The number of benzene rings is 1. The molecular formula is C16H16BrN3S. The standard InChI is InChI=1S/C16H16BrN3S/c1-11-10-14(21-16(11)17)15(18-2)13-8-9-19-20(13)12-6-4-3-5-7-12/h3-10,15,18H,1-2H3. The van der Waals surface area contributed by atoms with E-state index in [9.17, 15) is 0 Å². The summed E-state index contributed by atoms with van der Waals surface area (Å²) in [4.78, 5) is 1.28. The van der Waals surface area contributed by atoms with Gasteiger partial charge in [0.1, 0.15) is 0 Å². The van der Waals surface area contributed by atoms with E-state index in [2.05, 4.69) is 57.5 Å². The number of hydrogen-bond donors (Lipinski definition) is 1. The van der Waals surface area contributed by atoms with E-state index < -0.39 is 0 Å². The summed E-state index contributed by atoms with van der Waals surface area (Å²) in [7, 11) is 1.98. The van der Waals surface area contributed by atoms with Gasteiger partial charge in [-0.05, 0) is 59.7 Å². The van der Waals surface area contributed by atoms with E-state index in [1.165, 1.54) is 14.2 Å². The Kier molecular flexibility index (Phi) is 4.24. The summed E-state index contributed by atoms with van der Waals surface area (Å²) in [6, 6.07) is 14.6. The Morgan fingerprint density at radius 2 is 2.00 bits per heavy atom.